The fraction of sp³-hybridized carbons (Fsp3) is 0.600. The molecule has 1 aliphatic heterocycles. The van der Waals surface area contributed by atoms with Crippen molar-refractivity contribution in [3.8, 4) is 0 Å². The van der Waals surface area contributed by atoms with Crippen molar-refractivity contribution in [1.29, 1.82) is 0 Å². The number of hydrogen-bond donors (Lipinski definition) is 2. The van der Waals surface area contributed by atoms with Crippen LogP contribution in [0.2, 0.25) is 0 Å². The fourth-order valence-electron chi connectivity index (χ4n) is 0.520. The minimum absolute atomic E-state index is 1.08. The SMILES string of the molecule is SC1=C(S)SCCCS1. The van der Waals surface area contributed by atoms with Crippen molar-refractivity contribution in [2.24, 2.45) is 0 Å². The van der Waals surface area contributed by atoms with Crippen LogP contribution in [0.1, 0.15) is 6.42 Å². The van der Waals surface area contributed by atoms with E-state index in [0.29, 0.717) is 0 Å². The van der Waals surface area contributed by atoms with E-state index in [1.807, 2.05) is 0 Å². The maximum absolute atomic E-state index is 4.27. The van der Waals surface area contributed by atoms with E-state index in [2.05, 4.69) is 25.3 Å². The smallest absolute Gasteiger partial charge is 0.0569 e. The second kappa shape index (κ2) is 4.11. The van der Waals surface area contributed by atoms with E-state index < -0.39 is 0 Å². The van der Waals surface area contributed by atoms with Gasteiger partial charge < -0.3 is 0 Å². The summed E-state index contributed by atoms with van der Waals surface area (Å²) in [6, 6.07) is 0. The molecule has 52 valence electrons. The van der Waals surface area contributed by atoms with E-state index in [9.17, 15) is 0 Å². The molecule has 1 rings (SSSR count). The molecule has 0 nitrogen and oxygen atoms in total. The molecule has 0 bridgehead atoms. The Balaban J connectivity index is 2.55. The summed E-state index contributed by atoms with van der Waals surface area (Å²) in [5.41, 5.74) is 0. The minimum Gasteiger partial charge on any atom is -0.135 e. The minimum atomic E-state index is 1.08. The second-order valence-corrected chi connectivity index (χ2v) is 5.37. The van der Waals surface area contributed by atoms with Crippen LogP contribution in [-0.2, 0) is 0 Å². The summed E-state index contributed by atoms with van der Waals surface area (Å²) < 4.78 is 2.17. The van der Waals surface area contributed by atoms with Gasteiger partial charge in [0.15, 0.2) is 0 Å². The Morgan fingerprint density at radius 2 is 1.44 bits per heavy atom. The van der Waals surface area contributed by atoms with E-state index in [0.717, 1.165) is 8.47 Å². The van der Waals surface area contributed by atoms with Gasteiger partial charge in [-0.3, -0.25) is 0 Å². The highest BCUT2D eigenvalue weighted by atomic mass is 32.2. The van der Waals surface area contributed by atoms with E-state index in [4.69, 9.17) is 0 Å². The average molecular weight is 196 g/mol. The van der Waals surface area contributed by atoms with Crippen LogP contribution < -0.4 is 0 Å². The number of rotatable bonds is 0. The maximum Gasteiger partial charge on any atom is 0.0569 e. The summed E-state index contributed by atoms with van der Waals surface area (Å²) in [5, 5.41) is 0. The normalized spacial score (nSPS) is 22.0. The van der Waals surface area contributed by atoms with Gasteiger partial charge in [-0.2, -0.15) is 0 Å². The Morgan fingerprint density at radius 3 is 1.89 bits per heavy atom. The Bertz CT molecular complexity index is 115. The van der Waals surface area contributed by atoms with Crippen LogP contribution in [0.5, 0.6) is 0 Å². The number of thiol groups is 2. The van der Waals surface area contributed by atoms with Gasteiger partial charge in [0, 0.05) is 0 Å². The molecule has 0 aromatic carbocycles. The lowest BCUT2D eigenvalue weighted by Gasteiger charge is -1.95. The molecular weight excluding hydrogens is 188 g/mol. The molecule has 1 aliphatic rings. The monoisotopic (exact) mass is 196 g/mol. The van der Waals surface area contributed by atoms with Gasteiger partial charge >= 0.3 is 0 Å². The summed E-state index contributed by atoms with van der Waals surface area (Å²) in [4.78, 5) is 0. The van der Waals surface area contributed by atoms with Gasteiger partial charge in [0.25, 0.3) is 0 Å². The molecule has 4 heteroatoms. The first-order valence-electron chi connectivity index (χ1n) is 2.68. The lowest BCUT2D eigenvalue weighted by molar-refractivity contribution is 1.13. The predicted molar refractivity (Wildman–Crippen MR) is 54.5 cm³/mol. The highest BCUT2D eigenvalue weighted by molar-refractivity contribution is 8.21. The van der Waals surface area contributed by atoms with Gasteiger partial charge in [0.1, 0.15) is 0 Å². The summed E-state index contributed by atoms with van der Waals surface area (Å²) in [6.07, 6.45) is 1.27. The largest absolute Gasteiger partial charge is 0.135 e. The molecule has 0 saturated carbocycles. The zero-order valence-corrected chi connectivity index (χ0v) is 8.25. The third kappa shape index (κ3) is 2.70. The molecule has 0 amide bonds. The summed E-state index contributed by atoms with van der Waals surface area (Å²) in [5.74, 6) is 2.38. The Labute approximate surface area is 75.1 Å². The Hall–Kier alpha value is 1.14. The van der Waals surface area contributed by atoms with Gasteiger partial charge in [0.2, 0.25) is 0 Å². The first-order valence-corrected chi connectivity index (χ1v) is 5.55. The van der Waals surface area contributed by atoms with Crippen molar-refractivity contribution in [2.45, 2.75) is 6.42 Å². The zero-order chi connectivity index (χ0) is 6.69. The summed E-state index contributed by atoms with van der Waals surface area (Å²) >= 11 is 12.1. The quantitative estimate of drug-likeness (QED) is 0.572. The van der Waals surface area contributed by atoms with E-state index in [-0.39, 0.29) is 0 Å². The van der Waals surface area contributed by atoms with Crippen LogP contribution in [0.25, 0.3) is 0 Å². The second-order valence-electron chi connectivity index (χ2n) is 1.66. The van der Waals surface area contributed by atoms with E-state index in [1.54, 1.807) is 23.5 Å². The third-order valence-corrected chi connectivity index (χ3v) is 4.72. The number of thioether (sulfide) groups is 2. The number of hydrogen-bond acceptors (Lipinski definition) is 4. The molecule has 0 radical (unpaired) electrons. The topological polar surface area (TPSA) is 0 Å². The maximum atomic E-state index is 4.27. The molecule has 0 aliphatic carbocycles. The first kappa shape index (κ1) is 8.24. The molecule has 1 heterocycles. The summed E-state index contributed by atoms with van der Waals surface area (Å²) in [7, 11) is 0. The van der Waals surface area contributed by atoms with Crippen molar-refractivity contribution in [3.05, 3.63) is 8.47 Å². The first-order chi connectivity index (χ1) is 4.30. The van der Waals surface area contributed by atoms with Crippen LogP contribution in [0.4, 0.5) is 0 Å². The lowest BCUT2D eigenvalue weighted by atomic mass is 10.6. The van der Waals surface area contributed by atoms with Crippen LogP contribution in [0.3, 0.4) is 0 Å². The van der Waals surface area contributed by atoms with Crippen molar-refractivity contribution in [2.75, 3.05) is 11.5 Å². The molecule has 0 N–H and O–H groups in total. The van der Waals surface area contributed by atoms with Crippen LogP contribution in [0.15, 0.2) is 8.47 Å². The molecule has 0 aromatic heterocycles. The molecule has 0 atom stereocenters. The molecule has 0 aromatic rings. The highest BCUT2D eigenvalue weighted by Crippen LogP contribution is 2.36. The molecular formula is C5H8S4. The van der Waals surface area contributed by atoms with Crippen molar-refractivity contribution in [3.63, 3.8) is 0 Å². The van der Waals surface area contributed by atoms with Crippen molar-refractivity contribution < 1.29 is 0 Å². The van der Waals surface area contributed by atoms with Gasteiger partial charge in [-0.25, -0.2) is 0 Å². The third-order valence-electron chi connectivity index (χ3n) is 0.949. The van der Waals surface area contributed by atoms with Crippen LogP contribution >= 0.6 is 48.8 Å². The van der Waals surface area contributed by atoms with Gasteiger partial charge in [-0.15, -0.1) is 48.8 Å². The van der Waals surface area contributed by atoms with Gasteiger partial charge in [-0.05, 0) is 17.9 Å². The molecule has 9 heavy (non-hydrogen) atoms. The lowest BCUT2D eigenvalue weighted by Crippen LogP contribution is -1.76. The molecule has 0 saturated heterocycles. The van der Waals surface area contributed by atoms with E-state index in [1.165, 1.54) is 17.9 Å². The highest BCUT2D eigenvalue weighted by Gasteiger charge is 2.04. The van der Waals surface area contributed by atoms with Crippen LogP contribution in [0, 0.1) is 0 Å². The Kier molecular flexibility index (Phi) is 3.76. The molecule has 0 unspecified atom stereocenters. The average Bonchev–Trinajstić information content (AvgIpc) is 1.99. The zero-order valence-electron chi connectivity index (χ0n) is 4.83. The predicted octanol–water partition coefficient (Wildman–Crippen LogP) is 2.84. The molecule has 0 fully saturated rings. The van der Waals surface area contributed by atoms with Gasteiger partial charge in [0.05, 0.1) is 8.47 Å². The van der Waals surface area contributed by atoms with Crippen molar-refractivity contribution >= 4 is 48.8 Å². The summed E-state index contributed by atoms with van der Waals surface area (Å²) in [6.45, 7) is 0. The van der Waals surface area contributed by atoms with E-state index >= 15 is 0 Å². The molecule has 0 spiro atoms. The van der Waals surface area contributed by atoms with Crippen molar-refractivity contribution in [1.82, 2.24) is 0 Å². The van der Waals surface area contributed by atoms with Gasteiger partial charge in [-0.1, -0.05) is 0 Å². The fourth-order valence-corrected chi connectivity index (χ4v) is 3.20. The Morgan fingerprint density at radius 1 is 1.00 bits per heavy atom. The standard InChI is InChI=1S/C5H8S4/c6-4-5(7)9-3-1-2-8-4/h6-7H,1-3H2. The van der Waals surface area contributed by atoms with Crippen LogP contribution in [-0.4, -0.2) is 11.5 Å².